The highest BCUT2D eigenvalue weighted by atomic mass is 16.5. The molecular formula is C14H12O4. The van der Waals surface area contributed by atoms with E-state index in [1.54, 1.807) is 37.3 Å². The van der Waals surface area contributed by atoms with Gasteiger partial charge in [-0.25, -0.2) is 4.79 Å². The molecule has 0 fully saturated rings. The lowest BCUT2D eigenvalue weighted by molar-refractivity contribution is -0.131. The minimum Gasteiger partial charge on any atom is -0.478 e. The van der Waals surface area contributed by atoms with Crippen molar-refractivity contribution >= 4 is 22.7 Å². The number of hydrogen-bond donors (Lipinski definition) is 1. The zero-order valence-corrected chi connectivity index (χ0v) is 10.1. The van der Waals surface area contributed by atoms with Crippen LogP contribution in [0.3, 0.4) is 0 Å². The van der Waals surface area contributed by atoms with E-state index in [-0.39, 0.29) is 11.5 Å². The average Bonchev–Trinajstić information content (AvgIpc) is 2.26. The third-order valence-electron chi connectivity index (χ3n) is 2.65. The van der Waals surface area contributed by atoms with E-state index in [1.807, 2.05) is 0 Å². The first kappa shape index (κ1) is 12.1. The lowest BCUT2D eigenvalue weighted by Crippen LogP contribution is -2.02. The molecule has 0 aliphatic heterocycles. The molecule has 0 unspecified atom stereocenters. The number of carbonyl (C=O) groups excluding carboxylic acids is 1. The number of ether oxygens (including phenoxy) is 1. The summed E-state index contributed by atoms with van der Waals surface area (Å²) in [5.41, 5.74) is 0.956. The SMILES string of the molecule is CC(=O)Oc1ccc2cc(C(=O)O)c(C)cc2c1. The third kappa shape index (κ3) is 2.32. The van der Waals surface area contributed by atoms with Gasteiger partial charge in [0.1, 0.15) is 5.75 Å². The molecule has 0 saturated carbocycles. The van der Waals surface area contributed by atoms with Crippen LogP contribution in [0.5, 0.6) is 5.75 Å². The second kappa shape index (κ2) is 4.49. The normalized spacial score (nSPS) is 10.3. The molecule has 2 aromatic carbocycles. The molecule has 0 aromatic heterocycles. The summed E-state index contributed by atoms with van der Waals surface area (Å²) < 4.78 is 4.98. The smallest absolute Gasteiger partial charge is 0.335 e. The predicted octanol–water partition coefficient (Wildman–Crippen LogP) is 2.77. The Morgan fingerprint density at radius 3 is 2.44 bits per heavy atom. The number of hydrogen-bond acceptors (Lipinski definition) is 3. The summed E-state index contributed by atoms with van der Waals surface area (Å²) in [6, 6.07) is 8.48. The lowest BCUT2D eigenvalue weighted by atomic mass is 10.0. The number of benzene rings is 2. The lowest BCUT2D eigenvalue weighted by Gasteiger charge is -2.06. The Morgan fingerprint density at radius 1 is 1.11 bits per heavy atom. The Balaban J connectivity index is 2.55. The summed E-state index contributed by atoms with van der Waals surface area (Å²) in [7, 11) is 0. The van der Waals surface area contributed by atoms with Crippen molar-refractivity contribution in [3.63, 3.8) is 0 Å². The molecule has 2 rings (SSSR count). The standard InChI is InChI=1S/C14H12O4/c1-8-5-11-6-12(18-9(2)15)4-3-10(11)7-13(8)14(16)17/h3-7H,1-2H3,(H,16,17). The van der Waals surface area contributed by atoms with Crippen LogP contribution in [0.2, 0.25) is 0 Å². The first-order valence-electron chi connectivity index (χ1n) is 5.43. The van der Waals surface area contributed by atoms with Crippen LogP contribution in [-0.2, 0) is 4.79 Å². The highest BCUT2D eigenvalue weighted by Crippen LogP contribution is 2.24. The molecule has 0 amide bonds. The van der Waals surface area contributed by atoms with Crippen molar-refractivity contribution in [3.05, 3.63) is 41.5 Å². The molecule has 0 spiro atoms. The van der Waals surface area contributed by atoms with E-state index in [0.29, 0.717) is 11.3 Å². The monoisotopic (exact) mass is 244 g/mol. The third-order valence-corrected chi connectivity index (χ3v) is 2.65. The van der Waals surface area contributed by atoms with Gasteiger partial charge >= 0.3 is 11.9 Å². The van der Waals surface area contributed by atoms with Crippen LogP contribution >= 0.6 is 0 Å². The van der Waals surface area contributed by atoms with Crippen molar-refractivity contribution in [3.8, 4) is 5.75 Å². The number of aryl methyl sites for hydroxylation is 1. The fraction of sp³-hybridized carbons (Fsp3) is 0.143. The summed E-state index contributed by atoms with van der Waals surface area (Å²) in [4.78, 5) is 21.9. The van der Waals surface area contributed by atoms with Gasteiger partial charge in [0.25, 0.3) is 0 Å². The molecule has 92 valence electrons. The van der Waals surface area contributed by atoms with E-state index >= 15 is 0 Å². The molecule has 0 aliphatic rings. The van der Waals surface area contributed by atoms with Crippen LogP contribution in [-0.4, -0.2) is 17.0 Å². The topological polar surface area (TPSA) is 63.6 Å². The zero-order chi connectivity index (χ0) is 13.3. The minimum absolute atomic E-state index is 0.280. The van der Waals surface area contributed by atoms with E-state index in [4.69, 9.17) is 9.84 Å². The molecule has 4 nitrogen and oxygen atoms in total. The average molecular weight is 244 g/mol. The summed E-state index contributed by atoms with van der Waals surface area (Å²) in [6.07, 6.45) is 0. The minimum atomic E-state index is -0.946. The number of rotatable bonds is 2. The van der Waals surface area contributed by atoms with Crippen molar-refractivity contribution in [1.29, 1.82) is 0 Å². The number of carboxylic acid groups (broad SMARTS) is 1. The number of carbonyl (C=O) groups is 2. The number of aromatic carboxylic acids is 1. The van der Waals surface area contributed by atoms with Gasteiger partial charge in [0, 0.05) is 6.92 Å². The van der Waals surface area contributed by atoms with Gasteiger partial charge in [-0.05, 0) is 41.5 Å². The zero-order valence-electron chi connectivity index (χ0n) is 10.1. The largest absolute Gasteiger partial charge is 0.478 e. The van der Waals surface area contributed by atoms with Crippen molar-refractivity contribution in [1.82, 2.24) is 0 Å². The maximum Gasteiger partial charge on any atom is 0.335 e. The molecule has 0 aliphatic carbocycles. The van der Waals surface area contributed by atoms with Gasteiger partial charge < -0.3 is 9.84 Å². The first-order chi connectivity index (χ1) is 8.47. The maximum atomic E-state index is 11.0. The van der Waals surface area contributed by atoms with Crippen molar-refractivity contribution in [2.45, 2.75) is 13.8 Å². The van der Waals surface area contributed by atoms with Gasteiger partial charge in [-0.3, -0.25) is 4.79 Å². The number of fused-ring (bicyclic) bond motifs is 1. The summed E-state index contributed by atoms with van der Waals surface area (Å²) in [5, 5.41) is 10.7. The van der Waals surface area contributed by atoms with Gasteiger partial charge in [-0.2, -0.15) is 0 Å². The quantitative estimate of drug-likeness (QED) is 0.651. The van der Waals surface area contributed by atoms with Crippen LogP contribution in [0.4, 0.5) is 0 Å². The van der Waals surface area contributed by atoms with Crippen molar-refractivity contribution in [2.75, 3.05) is 0 Å². The molecule has 1 N–H and O–H groups in total. The molecule has 0 atom stereocenters. The number of esters is 1. The van der Waals surface area contributed by atoms with Crippen molar-refractivity contribution in [2.24, 2.45) is 0 Å². The van der Waals surface area contributed by atoms with Crippen LogP contribution in [0, 0.1) is 6.92 Å². The van der Waals surface area contributed by atoms with Crippen LogP contribution in [0.1, 0.15) is 22.8 Å². The Kier molecular flexibility index (Phi) is 3.02. The van der Waals surface area contributed by atoms with Gasteiger partial charge in [0.2, 0.25) is 0 Å². The highest BCUT2D eigenvalue weighted by molar-refractivity contribution is 5.96. The molecule has 18 heavy (non-hydrogen) atoms. The molecule has 0 radical (unpaired) electrons. The van der Waals surface area contributed by atoms with E-state index in [1.165, 1.54) is 6.92 Å². The predicted molar refractivity (Wildman–Crippen MR) is 67.0 cm³/mol. The first-order valence-corrected chi connectivity index (χ1v) is 5.43. The van der Waals surface area contributed by atoms with Crippen LogP contribution < -0.4 is 4.74 Å². The second-order valence-electron chi connectivity index (χ2n) is 4.07. The molecule has 0 bridgehead atoms. The van der Waals surface area contributed by atoms with Gasteiger partial charge in [-0.15, -0.1) is 0 Å². The molecule has 2 aromatic rings. The summed E-state index contributed by atoms with van der Waals surface area (Å²) >= 11 is 0. The van der Waals surface area contributed by atoms with E-state index in [9.17, 15) is 9.59 Å². The Morgan fingerprint density at radius 2 is 1.83 bits per heavy atom. The molecule has 0 heterocycles. The number of carboxylic acids is 1. The van der Waals surface area contributed by atoms with E-state index < -0.39 is 5.97 Å². The molecule has 0 saturated heterocycles. The van der Waals surface area contributed by atoms with Crippen LogP contribution in [0.15, 0.2) is 30.3 Å². The Bertz CT molecular complexity index is 644. The van der Waals surface area contributed by atoms with Gasteiger partial charge in [0.05, 0.1) is 5.56 Å². The van der Waals surface area contributed by atoms with Gasteiger partial charge in [0.15, 0.2) is 0 Å². The molecule has 4 heteroatoms. The van der Waals surface area contributed by atoms with Crippen LogP contribution in [0.25, 0.3) is 10.8 Å². The van der Waals surface area contributed by atoms with E-state index in [0.717, 1.165) is 10.8 Å². The highest BCUT2D eigenvalue weighted by Gasteiger charge is 2.09. The second-order valence-corrected chi connectivity index (χ2v) is 4.07. The fourth-order valence-corrected chi connectivity index (χ4v) is 1.85. The Labute approximate surface area is 104 Å². The summed E-state index contributed by atoms with van der Waals surface area (Å²) in [6.45, 7) is 3.07. The molecular weight excluding hydrogens is 232 g/mol. The Hall–Kier alpha value is -2.36. The summed E-state index contributed by atoms with van der Waals surface area (Å²) in [5.74, 6) is -0.871. The van der Waals surface area contributed by atoms with E-state index in [2.05, 4.69) is 0 Å². The van der Waals surface area contributed by atoms with Crippen molar-refractivity contribution < 1.29 is 19.4 Å². The van der Waals surface area contributed by atoms with Gasteiger partial charge in [-0.1, -0.05) is 12.1 Å². The maximum absolute atomic E-state index is 11.0. The fourth-order valence-electron chi connectivity index (χ4n) is 1.85.